The number of hydrogen-bond donors (Lipinski definition) is 1. The van der Waals surface area contributed by atoms with Crippen LogP contribution in [0.2, 0.25) is 0 Å². The van der Waals surface area contributed by atoms with E-state index in [1.807, 2.05) is 91.0 Å². The number of nitrogens with zero attached hydrogens (tertiary/aromatic N) is 4. The maximum atomic E-state index is 13.5. The summed E-state index contributed by atoms with van der Waals surface area (Å²) in [6, 6.07) is 27.7. The summed E-state index contributed by atoms with van der Waals surface area (Å²) in [6.45, 7) is 3.78. The van der Waals surface area contributed by atoms with Crippen LogP contribution < -0.4 is 5.32 Å². The zero-order chi connectivity index (χ0) is 37.7. The molecule has 3 rings (SSSR count). The van der Waals surface area contributed by atoms with Gasteiger partial charge in [0.25, 0.3) is 0 Å². The minimum absolute atomic E-state index is 0.0106. The number of hydroxylamine groups is 6. The summed E-state index contributed by atoms with van der Waals surface area (Å²) in [5.41, 5.74) is 2.51. The minimum atomic E-state index is -0.606. The zero-order valence-electron chi connectivity index (χ0n) is 29.9. The summed E-state index contributed by atoms with van der Waals surface area (Å²) >= 11 is 0. The molecule has 0 bridgehead atoms. The summed E-state index contributed by atoms with van der Waals surface area (Å²) in [5, 5.41) is 5.90. The van der Waals surface area contributed by atoms with Crippen molar-refractivity contribution in [1.82, 2.24) is 25.4 Å². The lowest BCUT2D eigenvalue weighted by Crippen LogP contribution is -2.45. The standard InChI is InChI=1S/C38H47N5O9/c1-30(44)41(50-27-33-13-7-4-8-14-33)23-19-36(47)39-22-26-40(37(48)20-24-42(31(2)45)51-28-34-15-9-5-10-16-34)38(49)21-25-43(32(3)46)52-29-35-17-11-6-12-18-35/h4-18H,19-29H2,1-3H3,(H,39,47). The van der Waals surface area contributed by atoms with Crippen molar-refractivity contribution >= 4 is 35.4 Å². The fourth-order valence-corrected chi connectivity index (χ4v) is 4.77. The van der Waals surface area contributed by atoms with Crippen molar-refractivity contribution in [2.45, 2.75) is 59.9 Å². The van der Waals surface area contributed by atoms with Gasteiger partial charge in [0.1, 0.15) is 19.8 Å². The average Bonchev–Trinajstić information content (AvgIpc) is 3.14. The monoisotopic (exact) mass is 717 g/mol. The summed E-state index contributed by atoms with van der Waals surface area (Å²) in [5.74, 6) is -2.85. The Bertz CT molecular complexity index is 1510. The van der Waals surface area contributed by atoms with Crippen LogP contribution in [0.5, 0.6) is 0 Å². The molecule has 0 spiro atoms. The second-order valence-corrected chi connectivity index (χ2v) is 11.7. The van der Waals surface area contributed by atoms with Crippen molar-refractivity contribution in [2.24, 2.45) is 0 Å². The topological polar surface area (TPSA) is 155 Å². The SMILES string of the molecule is CC(=O)N(CCC(=O)NCCN(C(=O)CCN(OCc1ccccc1)C(C)=O)C(=O)CCN(OCc1ccccc1)C(C)=O)OCc1ccccc1. The van der Waals surface area contributed by atoms with Gasteiger partial charge in [-0.2, -0.15) is 0 Å². The van der Waals surface area contributed by atoms with Gasteiger partial charge < -0.3 is 5.32 Å². The second kappa shape index (κ2) is 22.4. The van der Waals surface area contributed by atoms with Gasteiger partial charge in [0.05, 0.1) is 19.6 Å². The van der Waals surface area contributed by atoms with Crippen LogP contribution in [0.15, 0.2) is 91.0 Å². The van der Waals surface area contributed by atoms with Crippen LogP contribution in [-0.4, -0.2) is 88.3 Å². The molecule has 0 heterocycles. The molecule has 0 fully saturated rings. The normalized spacial score (nSPS) is 10.6. The molecule has 14 heteroatoms. The summed E-state index contributed by atoms with van der Waals surface area (Å²) < 4.78 is 0. The number of benzene rings is 3. The third-order valence-corrected chi connectivity index (χ3v) is 7.60. The Morgan fingerprint density at radius 2 is 0.808 bits per heavy atom. The molecule has 278 valence electrons. The van der Waals surface area contributed by atoms with Crippen molar-refractivity contribution in [3.8, 4) is 0 Å². The first-order chi connectivity index (χ1) is 25.0. The predicted molar refractivity (Wildman–Crippen MR) is 189 cm³/mol. The Kier molecular flexibility index (Phi) is 17.6. The highest BCUT2D eigenvalue weighted by Crippen LogP contribution is 2.09. The lowest BCUT2D eigenvalue weighted by atomic mass is 10.2. The highest BCUT2D eigenvalue weighted by atomic mass is 16.7. The van der Waals surface area contributed by atoms with Gasteiger partial charge in [-0.15, -0.1) is 0 Å². The maximum Gasteiger partial charge on any atom is 0.243 e. The average molecular weight is 718 g/mol. The van der Waals surface area contributed by atoms with Crippen molar-refractivity contribution in [3.63, 3.8) is 0 Å². The zero-order valence-corrected chi connectivity index (χ0v) is 29.9. The molecular formula is C38H47N5O9. The van der Waals surface area contributed by atoms with Gasteiger partial charge in [0, 0.05) is 53.1 Å². The molecule has 3 aromatic carbocycles. The predicted octanol–water partition coefficient (Wildman–Crippen LogP) is 3.57. The fourth-order valence-electron chi connectivity index (χ4n) is 4.77. The highest BCUT2D eigenvalue weighted by Gasteiger charge is 2.24. The van der Waals surface area contributed by atoms with Crippen LogP contribution in [-0.2, 0) is 63.1 Å². The molecule has 0 unspecified atom stereocenters. The molecule has 0 aliphatic rings. The highest BCUT2D eigenvalue weighted by molar-refractivity contribution is 5.95. The van der Waals surface area contributed by atoms with Gasteiger partial charge in [-0.05, 0) is 16.7 Å². The number of rotatable bonds is 21. The Balaban J connectivity index is 1.59. The van der Waals surface area contributed by atoms with Crippen LogP contribution in [0.3, 0.4) is 0 Å². The van der Waals surface area contributed by atoms with Gasteiger partial charge in [0.15, 0.2) is 0 Å². The van der Waals surface area contributed by atoms with Gasteiger partial charge >= 0.3 is 0 Å². The number of nitrogens with one attached hydrogen (secondary N) is 1. The molecular weight excluding hydrogens is 670 g/mol. The van der Waals surface area contributed by atoms with E-state index in [1.165, 1.54) is 20.8 Å². The van der Waals surface area contributed by atoms with Gasteiger partial charge in [-0.25, -0.2) is 15.2 Å². The molecule has 3 aromatic rings. The van der Waals surface area contributed by atoms with Crippen LogP contribution in [0, 0.1) is 0 Å². The van der Waals surface area contributed by atoms with E-state index in [0.29, 0.717) is 0 Å². The first-order valence-electron chi connectivity index (χ1n) is 17.0. The summed E-state index contributed by atoms with van der Waals surface area (Å²) in [4.78, 5) is 94.1. The summed E-state index contributed by atoms with van der Waals surface area (Å²) in [6.07, 6.45) is -0.586. The van der Waals surface area contributed by atoms with Crippen LogP contribution in [0.1, 0.15) is 56.7 Å². The Labute approximate surface area is 304 Å². The van der Waals surface area contributed by atoms with E-state index in [9.17, 15) is 28.8 Å². The smallest absolute Gasteiger partial charge is 0.243 e. The second-order valence-electron chi connectivity index (χ2n) is 11.7. The molecule has 52 heavy (non-hydrogen) atoms. The Morgan fingerprint density at radius 1 is 0.481 bits per heavy atom. The molecule has 0 aliphatic heterocycles. The lowest BCUT2D eigenvalue weighted by Gasteiger charge is -2.25. The van der Waals surface area contributed by atoms with E-state index in [2.05, 4.69) is 5.32 Å². The lowest BCUT2D eigenvalue weighted by molar-refractivity contribution is -0.191. The number of imide groups is 1. The van der Waals surface area contributed by atoms with E-state index < -0.39 is 29.5 Å². The van der Waals surface area contributed by atoms with E-state index in [-0.39, 0.29) is 77.7 Å². The molecule has 0 aliphatic carbocycles. The van der Waals surface area contributed by atoms with Crippen LogP contribution in [0.4, 0.5) is 0 Å². The van der Waals surface area contributed by atoms with E-state index in [1.54, 1.807) is 0 Å². The van der Waals surface area contributed by atoms with Crippen molar-refractivity contribution in [1.29, 1.82) is 0 Å². The minimum Gasteiger partial charge on any atom is -0.354 e. The molecule has 6 amide bonds. The molecule has 0 saturated carbocycles. The van der Waals surface area contributed by atoms with E-state index >= 15 is 0 Å². The quantitative estimate of drug-likeness (QED) is 0.163. The van der Waals surface area contributed by atoms with E-state index in [4.69, 9.17) is 14.5 Å². The fraction of sp³-hybridized carbons (Fsp3) is 0.368. The number of carbonyl (C=O) groups is 6. The van der Waals surface area contributed by atoms with Crippen molar-refractivity contribution < 1.29 is 43.3 Å². The molecule has 14 nitrogen and oxygen atoms in total. The first kappa shape index (κ1) is 41.0. The molecule has 1 N–H and O–H groups in total. The summed E-state index contributed by atoms with van der Waals surface area (Å²) in [7, 11) is 0. The number of hydrogen-bond acceptors (Lipinski definition) is 9. The van der Waals surface area contributed by atoms with Crippen LogP contribution >= 0.6 is 0 Å². The largest absolute Gasteiger partial charge is 0.354 e. The van der Waals surface area contributed by atoms with Gasteiger partial charge in [0.2, 0.25) is 35.4 Å². The third kappa shape index (κ3) is 15.2. The molecule has 0 radical (unpaired) electrons. The molecule has 0 atom stereocenters. The number of amides is 6. The Hall–Kier alpha value is -5.44. The van der Waals surface area contributed by atoms with E-state index in [0.717, 1.165) is 36.8 Å². The molecule has 0 saturated heterocycles. The van der Waals surface area contributed by atoms with Gasteiger partial charge in [-0.1, -0.05) is 91.0 Å². The van der Waals surface area contributed by atoms with Gasteiger partial charge in [-0.3, -0.25) is 48.2 Å². The Morgan fingerprint density at radius 3 is 1.13 bits per heavy atom. The first-order valence-corrected chi connectivity index (χ1v) is 17.0. The maximum absolute atomic E-state index is 13.5. The van der Waals surface area contributed by atoms with Crippen molar-refractivity contribution in [2.75, 3.05) is 32.7 Å². The third-order valence-electron chi connectivity index (χ3n) is 7.60. The van der Waals surface area contributed by atoms with Crippen molar-refractivity contribution in [3.05, 3.63) is 108 Å². The molecule has 0 aromatic heterocycles. The number of carbonyl (C=O) groups excluding carboxylic acids is 6. The van der Waals surface area contributed by atoms with Crippen LogP contribution in [0.25, 0.3) is 0 Å².